The molecule has 0 aliphatic rings. The quantitative estimate of drug-likeness (QED) is 0.737. The summed E-state index contributed by atoms with van der Waals surface area (Å²) in [6.45, 7) is 0. The number of ether oxygens (including phenoxy) is 1. The van der Waals surface area contributed by atoms with E-state index in [1.807, 2.05) is 54.6 Å². The molecule has 1 heterocycles. The molecule has 0 atom stereocenters. The number of rotatable bonds is 3. The topological polar surface area (TPSA) is 58.8 Å². The van der Waals surface area contributed by atoms with Gasteiger partial charge >= 0.3 is 0 Å². The molecule has 0 spiro atoms. The van der Waals surface area contributed by atoms with E-state index in [-0.39, 0.29) is 0 Å². The molecular formula is C18H13N3O. The molecule has 0 saturated heterocycles. The summed E-state index contributed by atoms with van der Waals surface area (Å²) >= 11 is 0. The number of benzene rings is 2. The van der Waals surface area contributed by atoms with E-state index in [0.29, 0.717) is 11.4 Å². The predicted octanol–water partition coefficient (Wildman–Crippen LogP) is 3.69. The molecule has 0 fully saturated rings. The standard InChI is InChI=1S/C18H13N3O/c1-22-17-8-6-15(7-9-17)14-2-4-16(5-3-14)18-20-11-13(10-19)12-21-18/h2-9,11-12H,1H3. The summed E-state index contributed by atoms with van der Waals surface area (Å²) in [4.78, 5) is 8.39. The third-order valence-corrected chi connectivity index (χ3v) is 3.35. The maximum Gasteiger partial charge on any atom is 0.159 e. The van der Waals surface area contributed by atoms with Gasteiger partial charge in [-0.15, -0.1) is 0 Å². The first-order valence-electron chi connectivity index (χ1n) is 6.77. The number of hydrogen-bond donors (Lipinski definition) is 0. The van der Waals surface area contributed by atoms with Gasteiger partial charge in [0.2, 0.25) is 0 Å². The van der Waals surface area contributed by atoms with Crippen molar-refractivity contribution in [3.63, 3.8) is 0 Å². The zero-order valence-electron chi connectivity index (χ0n) is 12.0. The Balaban J connectivity index is 1.86. The Kier molecular flexibility index (Phi) is 3.80. The fraction of sp³-hybridized carbons (Fsp3) is 0.0556. The first kappa shape index (κ1) is 13.8. The number of hydrogen-bond acceptors (Lipinski definition) is 4. The number of nitrogens with zero attached hydrogens (tertiary/aromatic N) is 3. The summed E-state index contributed by atoms with van der Waals surface area (Å²) in [5, 5.41) is 8.76. The lowest BCUT2D eigenvalue weighted by Crippen LogP contribution is -1.89. The predicted molar refractivity (Wildman–Crippen MR) is 84.2 cm³/mol. The van der Waals surface area contributed by atoms with Gasteiger partial charge in [-0.25, -0.2) is 9.97 Å². The zero-order valence-corrected chi connectivity index (χ0v) is 12.0. The summed E-state index contributed by atoms with van der Waals surface area (Å²) < 4.78 is 5.16. The first-order valence-corrected chi connectivity index (χ1v) is 6.77. The van der Waals surface area contributed by atoms with E-state index < -0.39 is 0 Å². The van der Waals surface area contributed by atoms with Crippen molar-refractivity contribution in [3.8, 4) is 34.3 Å². The minimum Gasteiger partial charge on any atom is -0.497 e. The SMILES string of the molecule is COc1ccc(-c2ccc(-c3ncc(C#N)cn3)cc2)cc1. The van der Waals surface area contributed by atoms with Crippen molar-refractivity contribution in [1.82, 2.24) is 9.97 Å². The molecule has 22 heavy (non-hydrogen) atoms. The molecule has 0 N–H and O–H groups in total. The summed E-state index contributed by atoms with van der Waals surface area (Å²) in [6.07, 6.45) is 3.05. The van der Waals surface area contributed by atoms with E-state index in [0.717, 1.165) is 22.4 Å². The number of aromatic nitrogens is 2. The lowest BCUT2D eigenvalue weighted by molar-refractivity contribution is 0.415. The van der Waals surface area contributed by atoms with Gasteiger partial charge in [0.25, 0.3) is 0 Å². The Morgan fingerprint density at radius 1 is 0.818 bits per heavy atom. The summed E-state index contributed by atoms with van der Waals surface area (Å²) in [5.74, 6) is 1.45. The Labute approximate surface area is 128 Å². The number of methoxy groups -OCH3 is 1. The van der Waals surface area contributed by atoms with Crippen molar-refractivity contribution in [2.45, 2.75) is 0 Å². The summed E-state index contributed by atoms with van der Waals surface area (Å²) in [6, 6.07) is 17.9. The second-order valence-corrected chi connectivity index (χ2v) is 4.71. The van der Waals surface area contributed by atoms with Gasteiger partial charge in [-0.05, 0) is 23.3 Å². The largest absolute Gasteiger partial charge is 0.497 e. The minimum absolute atomic E-state index is 0.457. The molecule has 106 valence electrons. The molecule has 0 bridgehead atoms. The third kappa shape index (κ3) is 2.79. The Hall–Kier alpha value is -3.19. The lowest BCUT2D eigenvalue weighted by Gasteiger charge is -2.05. The Morgan fingerprint density at radius 2 is 1.32 bits per heavy atom. The monoisotopic (exact) mass is 287 g/mol. The summed E-state index contributed by atoms with van der Waals surface area (Å²) in [5.41, 5.74) is 3.61. The van der Waals surface area contributed by atoms with Gasteiger partial charge in [0.15, 0.2) is 5.82 Å². The normalized spacial score (nSPS) is 10.0. The van der Waals surface area contributed by atoms with Gasteiger partial charge in [-0.3, -0.25) is 0 Å². The average Bonchev–Trinajstić information content (AvgIpc) is 2.62. The van der Waals surface area contributed by atoms with Gasteiger partial charge in [0, 0.05) is 18.0 Å². The van der Waals surface area contributed by atoms with E-state index in [1.54, 1.807) is 7.11 Å². The van der Waals surface area contributed by atoms with Crippen LogP contribution in [0.4, 0.5) is 0 Å². The van der Waals surface area contributed by atoms with Crippen LogP contribution in [0.5, 0.6) is 5.75 Å². The molecule has 0 aliphatic heterocycles. The molecule has 3 aromatic rings. The van der Waals surface area contributed by atoms with Crippen LogP contribution < -0.4 is 4.74 Å². The summed E-state index contributed by atoms with van der Waals surface area (Å²) in [7, 11) is 1.65. The molecule has 0 saturated carbocycles. The first-order chi connectivity index (χ1) is 10.8. The lowest BCUT2D eigenvalue weighted by atomic mass is 10.0. The van der Waals surface area contributed by atoms with Gasteiger partial charge in [-0.1, -0.05) is 36.4 Å². The fourth-order valence-electron chi connectivity index (χ4n) is 2.13. The van der Waals surface area contributed by atoms with Gasteiger partial charge in [0.1, 0.15) is 11.8 Å². The average molecular weight is 287 g/mol. The van der Waals surface area contributed by atoms with E-state index >= 15 is 0 Å². The van der Waals surface area contributed by atoms with Crippen LogP contribution >= 0.6 is 0 Å². The van der Waals surface area contributed by atoms with Crippen molar-refractivity contribution in [1.29, 1.82) is 5.26 Å². The van der Waals surface area contributed by atoms with Crippen molar-refractivity contribution in [2.75, 3.05) is 7.11 Å². The molecule has 3 rings (SSSR count). The molecule has 4 nitrogen and oxygen atoms in total. The van der Waals surface area contributed by atoms with Crippen LogP contribution in [0.25, 0.3) is 22.5 Å². The van der Waals surface area contributed by atoms with E-state index in [4.69, 9.17) is 10.00 Å². The van der Waals surface area contributed by atoms with E-state index in [2.05, 4.69) is 9.97 Å². The van der Waals surface area contributed by atoms with E-state index in [1.165, 1.54) is 12.4 Å². The van der Waals surface area contributed by atoms with Crippen LogP contribution in [0.2, 0.25) is 0 Å². The maximum absolute atomic E-state index is 8.76. The van der Waals surface area contributed by atoms with Crippen molar-refractivity contribution >= 4 is 0 Å². The van der Waals surface area contributed by atoms with Gasteiger partial charge < -0.3 is 4.74 Å². The second kappa shape index (κ2) is 6.06. The fourth-order valence-corrected chi connectivity index (χ4v) is 2.13. The Morgan fingerprint density at radius 3 is 1.82 bits per heavy atom. The van der Waals surface area contributed by atoms with Crippen LogP contribution in [0.1, 0.15) is 5.56 Å². The molecule has 0 amide bonds. The minimum atomic E-state index is 0.457. The third-order valence-electron chi connectivity index (χ3n) is 3.35. The molecule has 1 aromatic heterocycles. The van der Waals surface area contributed by atoms with Crippen molar-refractivity contribution in [2.24, 2.45) is 0 Å². The highest BCUT2D eigenvalue weighted by Crippen LogP contribution is 2.24. The molecule has 2 aromatic carbocycles. The van der Waals surface area contributed by atoms with Crippen LogP contribution in [-0.2, 0) is 0 Å². The molecule has 0 aliphatic carbocycles. The molecular weight excluding hydrogens is 274 g/mol. The van der Waals surface area contributed by atoms with Crippen LogP contribution in [0, 0.1) is 11.3 Å². The van der Waals surface area contributed by atoms with E-state index in [9.17, 15) is 0 Å². The molecule has 0 radical (unpaired) electrons. The Bertz CT molecular complexity index is 801. The zero-order chi connectivity index (χ0) is 15.4. The highest BCUT2D eigenvalue weighted by atomic mass is 16.5. The highest BCUT2D eigenvalue weighted by Gasteiger charge is 2.03. The van der Waals surface area contributed by atoms with Crippen molar-refractivity contribution < 1.29 is 4.74 Å². The van der Waals surface area contributed by atoms with Crippen LogP contribution in [-0.4, -0.2) is 17.1 Å². The van der Waals surface area contributed by atoms with Crippen LogP contribution in [0.3, 0.4) is 0 Å². The van der Waals surface area contributed by atoms with Crippen molar-refractivity contribution in [3.05, 3.63) is 66.5 Å². The van der Waals surface area contributed by atoms with Gasteiger partial charge in [0.05, 0.1) is 12.7 Å². The number of nitriles is 1. The maximum atomic E-state index is 8.76. The molecule has 4 heteroatoms. The smallest absolute Gasteiger partial charge is 0.159 e. The highest BCUT2D eigenvalue weighted by molar-refractivity contribution is 5.68. The van der Waals surface area contributed by atoms with Crippen LogP contribution in [0.15, 0.2) is 60.9 Å². The van der Waals surface area contributed by atoms with Gasteiger partial charge in [-0.2, -0.15) is 5.26 Å². The second-order valence-electron chi connectivity index (χ2n) is 4.71. The molecule has 0 unspecified atom stereocenters.